The molecule has 88 valence electrons. The summed E-state index contributed by atoms with van der Waals surface area (Å²) >= 11 is 0. The maximum atomic E-state index is 12.2. The Balaban J connectivity index is 2.96. The van der Waals surface area contributed by atoms with E-state index in [0.29, 0.717) is 11.5 Å². The van der Waals surface area contributed by atoms with Gasteiger partial charge in [0.25, 0.3) is 0 Å². The Bertz CT molecular complexity index is 381. The number of halogens is 3. The molecule has 0 bridgehead atoms. The van der Waals surface area contributed by atoms with Crippen molar-refractivity contribution in [3.05, 3.63) is 24.0 Å². The van der Waals surface area contributed by atoms with Gasteiger partial charge in [0.05, 0.1) is 17.7 Å². The predicted octanol–water partition coefficient (Wildman–Crippen LogP) is 2.58. The van der Waals surface area contributed by atoms with Crippen LogP contribution in [0.5, 0.6) is 0 Å². The molecule has 0 amide bonds. The molecule has 16 heavy (non-hydrogen) atoms. The van der Waals surface area contributed by atoms with Crippen LogP contribution in [0.2, 0.25) is 0 Å². The second kappa shape index (κ2) is 4.51. The van der Waals surface area contributed by atoms with E-state index in [4.69, 9.17) is 0 Å². The fourth-order valence-electron chi connectivity index (χ4n) is 1.09. The van der Waals surface area contributed by atoms with E-state index in [-0.39, 0.29) is 0 Å². The van der Waals surface area contributed by atoms with E-state index >= 15 is 0 Å². The monoisotopic (exact) mass is 231 g/mol. The van der Waals surface area contributed by atoms with Crippen LogP contribution in [-0.4, -0.2) is 24.9 Å². The summed E-state index contributed by atoms with van der Waals surface area (Å²) in [5.41, 5.74) is -0.327. The molecule has 0 fully saturated rings. The molecule has 0 aliphatic heterocycles. The first-order chi connectivity index (χ1) is 7.36. The zero-order chi connectivity index (χ0) is 12.3. The third-order valence-corrected chi connectivity index (χ3v) is 2.23. The molecule has 1 aromatic rings. The van der Waals surface area contributed by atoms with Gasteiger partial charge in [-0.2, -0.15) is 13.2 Å². The van der Waals surface area contributed by atoms with Crippen LogP contribution in [0.15, 0.2) is 23.3 Å². The quantitative estimate of drug-likeness (QED) is 0.549. The first-order valence-corrected chi connectivity index (χ1v) is 4.56. The van der Waals surface area contributed by atoms with E-state index in [9.17, 15) is 13.2 Å². The van der Waals surface area contributed by atoms with Crippen molar-refractivity contribution in [1.29, 1.82) is 0 Å². The van der Waals surface area contributed by atoms with E-state index in [1.807, 2.05) is 0 Å². The molecule has 0 aliphatic rings. The number of hydrogen-bond acceptors (Lipinski definition) is 2. The molecule has 0 aromatic carbocycles. The van der Waals surface area contributed by atoms with Gasteiger partial charge in [0, 0.05) is 14.1 Å². The van der Waals surface area contributed by atoms with Crippen LogP contribution in [0.25, 0.3) is 0 Å². The van der Waals surface area contributed by atoms with Crippen molar-refractivity contribution in [2.24, 2.45) is 4.99 Å². The zero-order valence-electron chi connectivity index (χ0n) is 9.21. The Labute approximate surface area is 91.6 Å². The minimum atomic E-state index is -4.40. The van der Waals surface area contributed by atoms with Crippen molar-refractivity contribution >= 4 is 11.5 Å². The van der Waals surface area contributed by atoms with E-state index in [1.165, 1.54) is 12.3 Å². The van der Waals surface area contributed by atoms with Crippen molar-refractivity contribution in [3.63, 3.8) is 0 Å². The lowest BCUT2D eigenvalue weighted by Crippen LogP contribution is -2.23. The molecule has 1 heterocycles. The summed E-state index contributed by atoms with van der Waals surface area (Å²) in [7, 11) is 3.33. The van der Waals surface area contributed by atoms with E-state index in [2.05, 4.69) is 9.98 Å². The Morgan fingerprint density at radius 1 is 1.38 bits per heavy atom. The van der Waals surface area contributed by atoms with Gasteiger partial charge in [0.2, 0.25) is 0 Å². The highest BCUT2D eigenvalue weighted by Gasteiger charge is 2.32. The molecule has 0 unspecified atom stereocenters. The number of aliphatic imine (C=N–C) groups is 1. The second-order valence-corrected chi connectivity index (χ2v) is 3.23. The van der Waals surface area contributed by atoms with Gasteiger partial charge in [0.1, 0.15) is 5.69 Å². The summed E-state index contributed by atoms with van der Waals surface area (Å²) in [5, 5.41) is 0. The van der Waals surface area contributed by atoms with Crippen LogP contribution in [0, 0.1) is 0 Å². The molecular weight excluding hydrogens is 219 g/mol. The summed E-state index contributed by atoms with van der Waals surface area (Å²) in [6, 6.07) is 2.32. The van der Waals surface area contributed by atoms with E-state index < -0.39 is 11.9 Å². The number of pyridine rings is 1. The highest BCUT2D eigenvalue weighted by molar-refractivity contribution is 5.95. The standard InChI is InChI=1S/C10H12F3N3/c1-7(14-2)16(3)8-4-5-9(15-6-8)10(11,12)13/h4-6H,1-3H3. The van der Waals surface area contributed by atoms with Gasteiger partial charge in [-0.05, 0) is 19.1 Å². The molecule has 3 nitrogen and oxygen atoms in total. The largest absolute Gasteiger partial charge is 0.433 e. The number of hydrogen-bond donors (Lipinski definition) is 0. The summed E-state index contributed by atoms with van der Waals surface area (Å²) in [5.74, 6) is 0.696. The van der Waals surface area contributed by atoms with Gasteiger partial charge in [-0.15, -0.1) is 0 Å². The van der Waals surface area contributed by atoms with Gasteiger partial charge in [0.15, 0.2) is 0 Å². The van der Waals surface area contributed by atoms with Crippen LogP contribution in [0.4, 0.5) is 18.9 Å². The van der Waals surface area contributed by atoms with Crippen LogP contribution in [0.1, 0.15) is 12.6 Å². The lowest BCUT2D eigenvalue weighted by Gasteiger charge is -2.18. The highest BCUT2D eigenvalue weighted by atomic mass is 19.4. The third-order valence-electron chi connectivity index (χ3n) is 2.23. The number of nitrogens with zero attached hydrogens (tertiary/aromatic N) is 3. The first-order valence-electron chi connectivity index (χ1n) is 4.56. The second-order valence-electron chi connectivity index (χ2n) is 3.23. The van der Waals surface area contributed by atoms with Gasteiger partial charge >= 0.3 is 6.18 Å². The number of alkyl halides is 3. The number of aromatic nitrogens is 1. The van der Waals surface area contributed by atoms with Crippen LogP contribution in [-0.2, 0) is 6.18 Å². The Morgan fingerprint density at radius 2 is 2.00 bits per heavy atom. The molecule has 0 atom stereocenters. The molecule has 0 spiro atoms. The number of amidine groups is 1. The van der Waals surface area contributed by atoms with E-state index in [1.54, 1.807) is 25.9 Å². The molecular formula is C10H12F3N3. The van der Waals surface area contributed by atoms with Gasteiger partial charge in [-0.25, -0.2) is 4.98 Å². The van der Waals surface area contributed by atoms with Crippen molar-refractivity contribution in [2.45, 2.75) is 13.1 Å². The van der Waals surface area contributed by atoms with Crippen molar-refractivity contribution in [1.82, 2.24) is 4.98 Å². The maximum Gasteiger partial charge on any atom is 0.433 e. The molecule has 1 aromatic heterocycles. The highest BCUT2D eigenvalue weighted by Crippen LogP contribution is 2.28. The summed E-state index contributed by atoms with van der Waals surface area (Å²) < 4.78 is 36.7. The van der Waals surface area contributed by atoms with Gasteiger partial charge in [-0.3, -0.25) is 4.99 Å². The SMILES string of the molecule is CN=C(C)N(C)c1ccc(C(F)(F)F)nc1. The van der Waals surface area contributed by atoms with Crippen molar-refractivity contribution < 1.29 is 13.2 Å². The molecule has 0 N–H and O–H groups in total. The fourth-order valence-corrected chi connectivity index (χ4v) is 1.09. The lowest BCUT2D eigenvalue weighted by molar-refractivity contribution is -0.141. The van der Waals surface area contributed by atoms with Gasteiger partial charge in [-0.1, -0.05) is 0 Å². The Kier molecular flexibility index (Phi) is 3.51. The average Bonchev–Trinajstić information content (AvgIpc) is 2.26. The van der Waals surface area contributed by atoms with Crippen LogP contribution in [0.3, 0.4) is 0 Å². The molecule has 0 saturated heterocycles. The summed E-state index contributed by atoms with van der Waals surface area (Å²) in [6.45, 7) is 1.76. The molecule has 0 radical (unpaired) electrons. The van der Waals surface area contributed by atoms with E-state index in [0.717, 1.165) is 6.07 Å². The minimum absolute atomic E-state index is 0.566. The third kappa shape index (κ3) is 2.71. The molecule has 1 rings (SSSR count). The topological polar surface area (TPSA) is 28.5 Å². The molecule has 0 aliphatic carbocycles. The molecule has 0 saturated carbocycles. The van der Waals surface area contributed by atoms with Crippen molar-refractivity contribution in [3.8, 4) is 0 Å². The fraction of sp³-hybridized carbons (Fsp3) is 0.400. The smallest absolute Gasteiger partial charge is 0.332 e. The molecule has 6 heteroatoms. The Hall–Kier alpha value is -1.59. The average molecular weight is 231 g/mol. The lowest BCUT2D eigenvalue weighted by atomic mass is 10.3. The number of anilines is 1. The Morgan fingerprint density at radius 3 is 2.38 bits per heavy atom. The summed E-state index contributed by atoms with van der Waals surface area (Å²) in [4.78, 5) is 8.95. The number of rotatable bonds is 1. The van der Waals surface area contributed by atoms with Crippen LogP contribution >= 0.6 is 0 Å². The first kappa shape index (κ1) is 12.5. The predicted molar refractivity (Wildman–Crippen MR) is 56.7 cm³/mol. The van der Waals surface area contributed by atoms with Crippen molar-refractivity contribution in [2.75, 3.05) is 19.0 Å². The minimum Gasteiger partial charge on any atom is -0.332 e. The van der Waals surface area contributed by atoms with Gasteiger partial charge < -0.3 is 4.90 Å². The van der Waals surface area contributed by atoms with Crippen LogP contribution < -0.4 is 4.90 Å². The maximum absolute atomic E-state index is 12.2. The normalized spacial score (nSPS) is 12.8. The zero-order valence-corrected chi connectivity index (χ0v) is 9.21. The summed E-state index contributed by atoms with van der Waals surface area (Å²) in [6.07, 6.45) is -3.22.